The Morgan fingerprint density at radius 3 is 2.60 bits per heavy atom. The zero-order valence-corrected chi connectivity index (χ0v) is 8.14. The summed E-state index contributed by atoms with van der Waals surface area (Å²) < 4.78 is 39.8. The Balaban J connectivity index is 2.15. The summed E-state index contributed by atoms with van der Waals surface area (Å²) in [6.45, 7) is 0. The first-order chi connectivity index (χ1) is 7.00. The number of halogens is 3. The third-order valence-electron chi connectivity index (χ3n) is 2.79. The van der Waals surface area contributed by atoms with E-state index in [4.69, 9.17) is 5.73 Å². The summed E-state index contributed by atoms with van der Waals surface area (Å²) in [4.78, 5) is 0. The minimum absolute atomic E-state index is 0.0874. The molecule has 82 valence electrons. The summed E-state index contributed by atoms with van der Waals surface area (Å²) in [5.74, 6) is -1.88. The van der Waals surface area contributed by atoms with Gasteiger partial charge >= 0.3 is 0 Å². The molecular formula is C11H12F3N. The second kappa shape index (κ2) is 3.52. The predicted octanol–water partition coefficient (Wildman–Crippen LogP) is 2.34. The van der Waals surface area contributed by atoms with Crippen LogP contribution in [-0.4, -0.2) is 11.7 Å². The summed E-state index contributed by atoms with van der Waals surface area (Å²) in [6, 6.07) is 3.67. The van der Waals surface area contributed by atoms with Crippen LogP contribution in [0.3, 0.4) is 0 Å². The molecule has 0 aliphatic heterocycles. The zero-order chi connectivity index (χ0) is 11.1. The van der Waals surface area contributed by atoms with Crippen molar-refractivity contribution in [3.63, 3.8) is 0 Å². The highest BCUT2D eigenvalue weighted by molar-refractivity contribution is 5.22. The van der Waals surface area contributed by atoms with Gasteiger partial charge in [0.05, 0.1) is 0 Å². The van der Waals surface area contributed by atoms with Crippen molar-refractivity contribution >= 4 is 0 Å². The number of hydrogen-bond donors (Lipinski definition) is 1. The van der Waals surface area contributed by atoms with Crippen LogP contribution in [-0.2, 0) is 6.42 Å². The van der Waals surface area contributed by atoms with Crippen LogP contribution < -0.4 is 5.73 Å². The van der Waals surface area contributed by atoms with Crippen molar-refractivity contribution in [3.8, 4) is 0 Å². The van der Waals surface area contributed by atoms with Crippen LogP contribution in [0.15, 0.2) is 18.2 Å². The lowest BCUT2D eigenvalue weighted by atomic mass is 9.74. The summed E-state index contributed by atoms with van der Waals surface area (Å²) >= 11 is 0. The average Bonchev–Trinajstić information content (AvgIpc) is 2.11. The molecule has 1 saturated carbocycles. The fourth-order valence-corrected chi connectivity index (χ4v) is 2.05. The third kappa shape index (κ3) is 2.00. The van der Waals surface area contributed by atoms with Crippen molar-refractivity contribution in [2.24, 2.45) is 5.73 Å². The lowest BCUT2D eigenvalue weighted by Gasteiger charge is -2.39. The van der Waals surface area contributed by atoms with Gasteiger partial charge < -0.3 is 5.73 Å². The van der Waals surface area contributed by atoms with Crippen LogP contribution in [0.1, 0.15) is 18.4 Å². The highest BCUT2D eigenvalue weighted by atomic mass is 19.2. The van der Waals surface area contributed by atoms with Crippen molar-refractivity contribution in [3.05, 3.63) is 35.4 Å². The number of rotatable bonds is 2. The van der Waals surface area contributed by atoms with Gasteiger partial charge in [0.2, 0.25) is 0 Å². The van der Waals surface area contributed by atoms with Gasteiger partial charge in [-0.25, -0.2) is 13.2 Å². The predicted molar refractivity (Wildman–Crippen MR) is 51.1 cm³/mol. The highest BCUT2D eigenvalue weighted by Gasteiger charge is 2.43. The maximum absolute atomic E-state index is 13.8. The van der Waals surface area contributed by atoms with Crippen LogP contribution in [0.4, 0.5) is 13.2 Å². The molecule has 0 atom stereocenters. The second-order valence-electron chi connectivity index (χ2n) is 4.21. The Morgan fingerprint density at radius 2 is 2.00 bits per heavy atom. The Labute approximate surface area is 86.1 Å². The Morgan fingerprint density at radius 1 is 1.33 bits per heavy atom. The molecule has 1 nitrogen and oxygen atoms in total. The molecule has 2 rings (SSSR count). The van der Waals surface area contributed by atoms with Crippen molar-refractivity contribution < 1.29 is 13.2 Å². The van der Waals surface area contributed by atoms with Crippen molar-refractivity contribution in [2.45, 2.75) is 31.0 Å². The van der Waals surface area contributed by atoms with E-state index in [1.807, 2.05) is 0 Å². The minimum atomic E-state index is -1.45. The maximum Gasteiger partial charge on any atom is 0.162 e. The van der Waals surface area contributed by atoms with E-state index < -0.39 is 17.3 Å². The van der Waals surface area contributed by atoms with Crippen LogP contribution >= 0.6 is 0 Å². The van der Waals surface area contributed by atoms with Crippen molar-refractivity contribution in [1.29, 1.82) is 0 Å². The Kier molecular flexibility index (Phi) is 2.46. The standard InChI is InChI=1S/C11H12F3N/c12-9-3-1-2-7(10(9)13)4-11(14)5-8(15)6-11/h1-3,8H,4-6,15H2. The van der Waals surface area contributed by atoms with Crippen molar-refractivity contribution in [1.82, 2.24) is 0 Å². The normalized spacial score (nSPS) is 30.0. The van der Waals surface area contributed by atoms with E-state index in [9.17, 15) is 13.2 Å². The summed E-state index contributed by atoms with van der Waals surface area (Å²) in [5, 5.41) is 0. The summed E-state index contributed by atoms with van der Waals surface area (Å²) in [5.41, 5.74) is 4.10. The number of alkyl halides is 1. The molecule has 2 N–H and O–H groups in total. The number of benzene rings is 1. The largest absolute Gasteiger partial charge is 0.327 e. The van der Waals surface area contributed by atoms with Gasteiger partial charge in [0, 0.05) is 12.5 Å². The first kappa shape index (κ1) is 10.5. The lowest BCUT2D eigenvalue weighted by Crippen LogP contribution is -2.49. The molecule has 1 aliphatic carbocycles. The molecule has 0 spiro atoms. The molecule has 0 amide bonds. The maximum atomic E-state index is 13.8. The van der Waals surface area contributed by atoms with Crippen molar-refractivity contribution in [2.75, 3.05) is 0 Å². The van der Waals surface area contributed by atoms with Gasteiger partial charge in [0.25, 0.3) is 0 Å². The third-order valence-corrected chi connectivity index (χ3v) is 2.79. The fourth-order valence-electron chi connectivity index (χ4n) is 2.05. The van der Waals surface area contributed by atoms with Gasteiger partial charge in [-0.15, -0.1) is 0 Å². The molecule has 0 heterocycles. The molecule has 1 aromatic carbocycles. The number of nitrogens with two attached hydrogens (primary N) is 1. The van der Waals surface area contributed by atoms with Gasteiger partial charge in [-0.3, -0.25) is 0 Å². The monoisotopic (exact) mass is 215 g/mol. The topological polar surface area (TPSA) is 26.0 Å². The molecule has 0 radical (unpaired) electrons. The van der Waals surface area contributed by atoms with Crippen LogP contribution in [0.2, 0.25) is 0 Å². The van der Waals surface area contributed by atoms with Crippen LogP contribution in [0.5, 0.6) is 0 Å². The molecule has 0 saturated heterocycles. The molecule has 1 fully saturated rings. The Hall–Kier alpha value is -1.03. The first-order valence-corrected chi connectivity index (χ1v) is 4.88. The molecule has 0 unspecified atom stereocenters. The lowest BCUT2D eigenvalue weighted by molar-refractivity contribution is 0.0434. The minimum Gasteiger partial charge on any atom is -0.327 e. The molecule has 0 aromatic heterocycles. The van der Waals surface area contributed by atoms with Gasteiger partial charge in [-0.2, -0.15) is 0 Å². The van der Waals surface area contributed by atoms with Gasteiger partial charge in [0.15, 0.2) is 11.6 Å². The van der Waals surface area contributed by atoms with E-state index in [2.05, 4.69) is 0 Å². The smallest absolute Gasteiger partial charge is 0.162 e. The summed E-state index contributed by atoms with van der Waals surface area (Å²) in [6.07, 6.45) is 0.357. The van der Waals surface area contributed by atoms with Gasteiger partial charge in [-0.05, 0) is 24.5 Å². The molecular weight excluding hydrogens is 203 g/mol. The molecule has 15 heavy (non-hydrogen) atoms. The fraction of sp³-hybridized carbons (Fsp3) is 0.455. The SMILES string of the molecule is NC1CC(F)(Cc2cccc(F)c2F)C1. The van der Waals surface area contributed by atoms with E-state index in [1.54, 1.807) is 0 Å². The van der Waals surface area contributed by atoms with E-state index in [0.717, 1.165) is 6.07 Å². The summed E-state index contributed by atoms with van der Waals surface area (Å²) in [7, 11) is 0. The quantitative estimate of drug-likeness (QED) is 0.805. The zero-order valence-electron chi connectivity index (χ0n) is 8.14. The van der Waals surface area contributed by atoms with Gasteiger partial charge in [0.1, 0.15) is 5.67 Å². The van der Waals surface area contributed by atoms with E-state index >= 15 is 0 Å². The Bertz CT molecular complexity index is 372. The van der Waals surface area contributed by atoms with Crippen LogP contribution in [0, 0.1) is 11.6 Å². The highest BCUT2D eigenvalue weighted by Crippen LogP contribution is 2.38. The molecule has 1 aromatic rings. The van der Waals surface area contributed by atoms with Gasteiger partial charge in [-0.1, -0.05) is 12.1 Å². The molecule has 4 heteroatoms. The first-order valence-electron chi connectivity index (χ1n) is 4.88. The number of hydrogen-bond acceptors (Lipinski definition) is 1. The van der Waals surface area contributed by atoms with E-state index in [0.29, 0.717) is 0 Å². The second-order valence-corrected chi connectivity index (χ2v) is 4.21. The van der Waals surface area contributed by atoms with E-state index in [1.165, 1.54) is 12.1 Å². The molecule has 0 bridgehead atoms. The molecule has 1 aliphatic rings. The average molecular weight is 215 g/mol. The van der Waals surface area contributed by atoms with Crippen LogP contribution in [0.25, 0.3) is 0 Å². The van der Waals surface area contributed by atoms with E-state index in [-0.39, 0.29) is 30.9 Å².